The Kier molecular flexibility index (Phi) is 3.56. The Morgan fingerprint density at radius 1 is 1.06 bits per heavy atom. The Labute approximate surface area is 97.7 Å². The van der Waals surface area contributed by atoms with E-state index in [1.165, 1.54) is 4.31 Å². The van der Waals surface area contributed by atoms with E-state index in [1.54, 1.807) is 7.05 Å². The van der Waals surface area contributed by atoms with E-state index >= 15 is 0 Å². The smallest absolute Gasteiger partial charge is 0.217 e. The third-order valence-electron chi connectivity index (χ3n) is 4.04. The molecule has 5 heteroatoms. The molecule has 0 radical (unpaired) electrons. The van der Waals surface area contributed by atoms with Crippen LogP contribution in [0.15, 0.2) is 0 Å². The molecule has 16 heavy (non-hydrogen) atoms. The minimum Gasteiger partial charge on any atom is -0.391 e. The maximum Gasteiger partial charge on any atom is 0.217 e. The van der Waals surface area contributed by atoms with Crippen LogP contribution >= 0.6 is 0 Å². The number of aliphatic hydroxyl groups is 1. The first kappa shape index (κ1) is 12.3. The van der Waals surface area contributed by atoms with Crippen molar-refractivity contribution in [2.75, 3.05) is 7.05 Å². The summed E-state index contributed by atoms with van der Waals surface area (Å²) in [7, 11) is -1.53. The lowest BCUT2D eigenvalue weighted by Crippen LogP contribution is -2.50. The van der Waals surface area contributed by atoms with Crippen LogP contribution in [0, 0.1) is 0 Å². The van der Waals surface area contributed by atoms with Gasteiger partial charge in [-0.15, -0.1) is 0 Å². The molecule has 1 N–H and O–H groups in total. The average Bonchev–Trinajstić information content (AvgIpc) is 2.14. The van der Waals surface area contributed by atoms with Crippen LogP contribution in [0.5, 0.6) is 0 Å². The van der Waals surface area contributed by atoms with Gasteiger partial charge in [-0.3, -0.25) is 0 Å². The predicted octanol–water partition coefficient (Wildman–Crippen LogP) is 1.10. The van der Waals surface area contributed by atoms with Crippen molar-refractivity contribution in [1.82, 2.24) is 4.31 Å². The molecule has 2 fully saturated rings. The summed E-state index contributed by atoms with van der Waals surface area (Å²) in [6.45, 7) is 0. The standard InChI is InChI=1S/C11H21NO3S/c1-12(10-7-2-3-8-11(10)13)16(14,15)9-5-4-6-9/h9-11,13H,2-8H2,1H3/t10-,11-/m1/s1. The van der Waals surface area contributed by atoms with E-state index in [0.29, 0.717) is 0 Å². The number of hydrogen-bond donors (Lipinski definition) is 1. The molecule has 2 saturated carbocycles. The fourth-order valence-electron chi connectivity index (χ4n) is 2.61. The quantitative estimate of drug-likeness (QED) is 0.812. The second-order valence-corrected chi connectivity index (χ2v) is 7.31. The largest absolute Gasteiger partial charge is 0.391 e. The van der Waals surface area contributed by atoms with Crippen LogP contribution in [-0.4, -0.2) is 42.3 Å². The van der Waals surface area contributed by atoms with Gasteiger partial charge in [0.15, 0.2) is 0 Å². The van der Waals surface area contributed by atoms with Crippen LogP contribution in [-0.2, 0) is 10.0 Å². The molecule has 0 amide bonds. The number of likely N-dealkylation sites (N-methyl/N-ethyl adjacent to an activating group) is 1. The van der Waals surface area contributed by atoms with Gasteiger partial charge in [0.25, 0.3) is 0 Å². The minimum atomic E-state index is -3.16. The van der Waals surface area contributed by atoms with E-state index in [2.05, 4.69) is 0 Å². The summed E-state index contributed by atoms with van der Waals surface area (Å²) in [5, 5.41) is 9.68. The molecular weight excluding hydrogens is 226 g/mol. The maximum absolute atomic E-state index is 12.2. The highest BCUT2D eigenvalue weighted by molar-refractivity contribution is 7.89. The molecule has 94 valence electrons. The first-order chi connectivity index (χ1) is 7.53. The topological polar surface area (TPSA) is 57.6 Å². The average molecular weight is 247 g/mol. The molecule has 0 aromatic rings. The van der Waals surface area contributed by atoms with Crippen LogP contribution in [0.4, 0.5) is 0 Å². The van der Waals surface area contributed by atoms with Gasteiger partial charge in [0, 0.05) is 7.05 Å². The number of nitrogens with zero attached hydrogens (tertiary/aromatic N) is 1. The Bertz CT molecular complexity index is 337. The summed E-state index contributed by atoms with van der Waals surface area (Å²) in [5.74, 6) is 0. The molecule has 2 aliphatic carbocycles. The van der Waals surface area contributed by atoms with Crippen LogP contribution in [0.2, 0.25) is 0 Å². The number of hydrogen-bond acceptors (Lipinski definition) is 3. The van der Waals surface area contributed by atoms with E-state index in [-0.39, 0.29) is 11.3 Å². The molecule has 4 nitrogen and oxygen atoms in total. The molecule has 0 aliphatic heterocycles. The Hall–Kier alpha value is -0.130. The summed E-state index contributed by atoms with van der Waals surface area (Å²) in [6, 6.07) is -0.195. The molecule has 2 atom stereocenters. The minimum absolute atomic E-state index is 0.188. The van der Waals surface area contributed by atoms with Crippen LogP contribution < -0.4 is 0 Å². The summed E-state index contributed by atoms with van der Waals surface area (Å²) in [6.07, 6.45) is 5.67. The third kappa shape index (κ3) is 2.13. The lowest BCUT2D eigenvalue weighted by Gasteiger charge is -2.38. The Morgan fingerprint density at radius 2 is 1.69 bits per heavy atom. The van der Waals surface area contributed by atoms with Crippen LogP contribution in [0.3, 0.4) is 0 Å². The highest BCUT2D eigenvalue weighted by atomic mass is 32.2. The molecule has 0 unspecified atom stereocenters. The van der Waals surface area contributed by atoms with E-state index in [1.807, 2.05) is 0 Å². The number of rotatable bonds is 3. The fourth-order valence-corrected chi connectivity index (χ4v) is 4.63. The van der Waals surface area contributed by atoms with E-state index in [4.69, 9.17) is 0 Å². The van der Waals surface area contributed by atoms with Gasteiger partial charge in [0.1, 0.15) is 0 Å². The summed E-state index contributed by atoms with van der Waals surface area (Å²) in [5.41, 5.74) is 0. The predicted molar refractivity (Wildman–Crippen MR) is 62.6 cm³/mol. The lowest BCUT2D eigenvalue weighted by atomic mass is 9.93. The van der Waals surface area contributed by atoms with Gasteiger partial charge in [-0.25, -0.2) is 8.42 Å². The van der Waals surface area contributed by atoms with E-state index < -0.39 is 16.1 Å². The second-order valence-electron chi connectivity index (χ2n) is 5.03. The summed E-state index contributed by atoms with van der Waals surface area (Å²) >= 11 is 0. The van der Waals surface area contributed by atoms with Crippen molar-refractivity contribution in [3.63, 3.8) is 0 Å². The molecule has 2 aliphatic rings. The third-order valence-corrected chi connectivity index (χ3v) is 6.42. The zero-order valence-corrected chi connectivity index (χ0v) is 10.6. The van der Waals surface area contributed by atoms with Gasteiger partial charge in [0.05, 0.1) is 17.4 Å². The Morgan fingerprint density at radius 3 is 2.19 bits per heavy atom. The Balaban J connectivity index is 2.07. The van der Waals surface area contributed by atoms with Crippen LogP contribution in [0.25, 0.3) is 0 Å². The first-order valence-corrected chi connectivity index (χ1v) is 7.68. The summed E-state index contributed by atoms with van der Waals surface area (Å²) in [4.78, 5) is 0. The van der Waals surface area contributed by atoms with Gasteiger partial charge >= 0.3 is 0 Å². The number of aliphatic hydroxyl groups excluding tert-OH is 1. The molecule has 0 spiro atoms. The second kappa shape index (κ2) is 4.63. The van der Waals surface area contributed by atoms with E-state index in [0.717, 1.165) is 44.9 Å². The monoisotopic (exact) mass is 247 g/mol. The maximum atomic E-state index is 12.2. The van der Waals surface area contributed by atoms with Crippen molar-refractivity contribution in [3.8, 4) is 0 Å². The molecule has 0 aromatic heterocycles. The van der Waals surface area contributed by atoms with Gasteiger partial charge in [-0.05, 0) is 25.7 Å². The highest BCUT2D eigenvalue weighted by Gasteiger charge is 2.39. The van der Waals surface area contributed by atoms with Crippen molar-refractivity contribution in [3.05, 3.63) is 0 Å². The number of sulfonamides is 1. The van der Waals surface area contributed by atoms with Gasteiger partial charge in [-0.1, -0.05) is 19.3 Å². The molecular formula is C11H21NO3S. The molecule has 2 rings (SSSR count). The van der Waals surface area contributed by atoms with E-state index in [9.17, 15) is 13.5 Å². The fraction of sp³-hybridized carbons (Fsp3) is 1.00. The SMILES string of the molecule is CN([C@@H]1CCCC[C@H]1O)S(=O)(=O)C1CCC1. The van der Waals surface area contributed by atoms with Crippen molar-refractivity contribution < 1.29 is 13.5 Å². The lowest BCUT2D eigenvalue weighted by molar-refractivity contribution is 0.0630. The molecule has 0 saturated heterocycles. The first-order valence-electron chi connectivity index (χ1n) is 6.18. The normalized spacial score (nSPS) is 32.7. The molecule has 0 aromatic carbocycles. The highest BCUT2D eigenvalue weighted by Crippen LogP contribution is 2.32. The zero-order chi connectivity index (χ0) is 11.8. The van der Waals surface area contributed by atoms with Gasteiger partial charge in [0.2, 0.25) is 10.0 Å². The van der Waals surface area contributed by atoms with Gasteiger partial charge in [-0.2, -0.15) is 4.31 Å². The van der Waals surface area contributed by atoms with Crippen molar-refractivity contribution in [2.24, 2.45) is 0 Å². The van der Waals surface area contributed by atoms with Crippen molar-refractivity contribution in [2.45, 2.75) is 62.3 Å². The summed E-state index contributed by atoms with van der Waals surface area (Å²) < 4.78 is 25.8. The van der Waals surface area contributed by atoms with Crippen LogP contribution in [0.1, 0.15) is 44.9 Å². The van der Waals surface area contributed by atoms with Gasteiger partial charge < -0.3 is 5.11 Å². The van der Waals surface area contributed by atoms with Crippen molar-refractivity contribution >= 4 is 10.0 Å². The van der Waals surface area contributed by atoms with Crippen molar-refractivity contribution in [1.29, 1.82) is 0 Å². The molecule has 0 heterocycles. The zero-order valence-electron chi connectivity index (χ0n) is 9.80. The molecule has 0 bridgehead atoms.